The van der Waals surface area contributed by atoms with Crippen LogP contribution in [0.3, 0.4) is 0 Å². The minimum absolute atomic E-state index is 0.0774. The molecule has 0 saturated heterocycles. The number of ether oxygens (including phenoxy) is 1. The second-order valence-electron chi connectivity index (χ2n) is 11.8. The van der Waals surface area contributed by atoms with Crippen molar-refractivity contribution in [2.24, 2.45) is 5.92 Å². The number of rotatable bonds is 10. The molecule has 41 heavy (non-hydrogen) atoms. The maximum atomic E-state index is 13.8. The molecule has 0 unspecified atom stereocenters. The van der Waals surface area contributed by atoms with E-state index in [2.05, 4.69) is 10.6 Å². The summed E-state index contributed by atoms with van der Waals surface area (Å²) < 4.78 is 5.47. The molecule has 3 aromatic carbocycles. The molecule has 0 fully saturated rings. The Hall–Kier alpha value is -3.88. The summed E-state index contributed by atoms with van der Waals surface area (Å²) in [7, 11) is 0. The molecule has 3 aromatic rings. The van der Waals surface area contributed by atoms with Gasteiger partial charge in [0, 0.05) is 18.0 Å². The van der Waals surface area contributed by atoms with E-state index >= 15 is 0 Å². The van der Waals surface area contributed by atoms with Crippen LogP contribution in [-0.2, 0) is 28.8 Å². The standard InChI is InChI=1S/C33H41N3O5/c1-33(2,3)41-32(40)35-27(18-21-9-5-4-6-10-21)28(37)20-24(17-22-13-15-25(34)16-14-22)31(39)36-30-26-12-8-7-11-23(26)19-29(30)38/h4-16,24,27-30,37-38H,17-20,34H2,1-3H3,(H,35,40)(H,36,39)/t24-,27+,28+,29-,30-/m1/s1. The summed E-state index contributed by atoms with van der Waals surface area (Å²) in [5, 5.41) is 28.1. The van der Waals surface area contributed by atoms with Gasteiger partial charge in [-0.3, -0.25) is 4.79 Å². The van der Waals surface area contributed by atoms with Crippen LogP contribution >= 0.6 is 0 Å². The number of benzene rings is 3. The fraction of sp³-hybridized carbons (Fsp3) is 0.394. The zero-order chi connectivity index (χ0) is 29.6. The first-order chi connectivity index (χ1) is 19.5. The fourth-order valence-corrected chi connectivity index (χ4v) is 5.31. The second-order valence-corrected chi connectivity index (χ2v) is 11.8. The van der Waals surface area contributed by atoms with Gasteiger partial charge in [0.1, 0.15) is 5.60 Å². The Morgan fingerprint density at radius 2 is 1.59 bits per heavy atom. The average molecular weight is 560 g/mol. The van der Waals surface area contributed by atoms with E-state index in [1.54, 1.807) is 32.9 Å². The van der Waals surface area contributed by atoms with E-state index in [1.165, 1.54) is 0 Å². The van der Waals surface area contributed by atoms with Crippen molar-refractivity contribution in [2.45, 2.75) is 76.3 Å². The highest BCUT2D eigenvalue weighted by Crippen LogP contribution is 2.32. The van der Waals surface area contributed by atoms with E-state index in [1.807, 2.05) is 66.7 Å². The zero-order valence-electron chi connectivity index (χ0n) is 23.9. The van der Waals surface area contributed by atoms with Gasteiger partial charge >= 0.3 is 6.09 Å². The van der Waals surface area contributed by atoms with Crippen LogP contribution in [0.4, 0.5) is 10.5 Å². The quantitative estimate of drug-likeness (QED) is 0.238. The van der Waals surface area contributed by atoms with Crippen molar-refractivity contribution in [1.29, 1.82) is 0 Å². The topological polar surface area (TPSA) is 134 Å². The van der Waals surface area contributed by atoms with E-state index in [0.29, 0.717) is 24.9 Å². The van der Waals surface area contributed by atoms with Crippen molar-refractivity contribution in [3.8, 4) is 0 Å². The number of carbonyl (C=O) groups is 2. The van der Waals surface area contributed by atoms with Crippen LogP contribution in [0, 0.1) is 5.92 Å². The van der Waals surface area contributed by atoms with Gasteiger partial charge in [0.25, 0.3) is 0 Å². The Balaban J connectivity index is 1.56. The Morgan fingerprint density at radius 3 is 2.27 bits per heavy atom. The monoisotopic (exact) mass is 559 g/mol. The number of alkyl carbamates (subject to hydrolysis) is 1. The summed E-state index contributed by atoms with van der Waals surface area (Å²) in [6.07, 6.45) is -1.20. The first-order valence-electron chi connectivity index (χ1n) is 14.1. The van der Waals surface area contributed by atoms with E-state index in [9.17, 15) is 19.8 Å². The number of carbonyl (C=O) groups excluding carboxylic acids is 2. The van der Waals surface area contributed by atoms with Crippen LogP contribution in [0.2, 0.25) is 0 Å². The van der Waals surface area contributed by atoms with Crippen molar-refractivity contribution in [3.05, 3.63) is 101 Å². The molecule has 5 atom stereocenters. The number of anilines is 1. The smallest absolute Gasteiger partial charge is 0.407 e. The maximum Gasteiger partial charge on any atom is 0.407 e. The highest BCUT2D eigenvalue weighted by molar-refractivity contribution is 5.80. The minimum Gasteiger partial charge on any atom is -0.444 e. The van der Waals surface area contributed by atoms with E-state index < -0.39 is 41.9 Å². The molecule has 0 radical (unpaired) electrons. The van der Waals surface area contributed by atoms with Crippen molar-refractivity contribution in [2.75, 3.05) is 5.73 Å². The molecule has 0 saturated carbocycles. The lowest BCUT2D eigenvalue weighted by Gasteiger charge is -2.29. The Bertz CT molecular complexity index is 1310. The van der Waals surface area contributed by atoms with E-state index in [0.717, 1.165) is 22.3 Å². The number of nitrogen functional groups attached to an aromatic ring is 1. The number of nitrogens with two attached hydrogens (primary N) is 1. The third-order valence-electron chi connectivity index (χ3n) is 7.33. The van der Waals surface area contributed by atoms with Crippen molar-refractivity contribution in [1.82, 2.24) is 10.6 Å². The number of hydrogen-bond donors (Lipinski definition) is 5. The third-order valence-corrected chi connectivity index (χ3v) is 7.33. The number of hydrogen-bond acceptors (Lipinski definition) is 6. The molecule has 8 nitrogen and oxygen atoms in total. The van der Waals surface area contributed by atoms with Crippen LogP contribution in [0.5, 0.6) is 0 Å². The lowest BCUT2D eigenvalue weighted by Crippen LogP contribution is -2.48. The largest absolute Gasteiger partial charge is 0.444 e. The predicted molar refractivity (Wildman–Crippen MR) is 159 cm³/mol. The normalized spacial score (nSPS) is 18.6. The molecule has 0 bridgehead atoms. The first kappa shape index (κ1) is 30.1. The van der Waals surface area contributed by atoms with Gasteiger partial charge in [-0.25, -0.2) is 4.79 Å². The lowest BCUT2D eigenvalue weighted by atomic mass is 9.88. The summed E-state index contributed by atoms with van der Waals surface area (Å²) >= 11 is 0. The van der Waals surface area contributed by atoms with Gasteiger partial charge in [-0.1, -0.05) is 66.7 Å². The number of aliphatic hydroxyl groups is 2. The number of fused-ring (bicyclic) bond motifs is 1. The number of nitrogens with one attached hydrogen (secondary N) is 2. The van der Waals surface area contributed by atoms with Gasteiger partial charge in [-0.05, 0) is 74.4 Å². The molecule has 0 aromatic heterocycles. The molecule has 0 spiro atoms. The molecule has 1 aliphatic carbocycles. The van der Waals surface area contributed by atoms with E-state index in [4.69, 9.17) is 10.5 Å². The number of amides is 2. The van der Waals surface area contributed by atoms with E-state index in [-0.39, 0.29) is 12.3 Å². The Labute approximate surface area is 241 Å². The lowest BCUT2D eigenvalue weighted by molar-refractivity contribution is -0.127. The fourth-order valence-electron chi connectivity index (χ4n) is 5.31. The highest BCUT2D eigenvalue weighted by atomic mass is 16.6. The summed E-state index contributed by atoms with van der Waals surface area (Å²) in [5.74, 6) is -0.926. The van der Waals surface area contributed by atoms with Crippen molar-refractivity contribution >= 4 is 17.7 Å². The highest BCUT2D eigenvalue weighted by Gasteiger charge is 2.35. The molecule has 2 amide bonds. The SMILES string of the molecule is CC(C)(C)OC(=O)N[C@@H](Cc1ccccc1)[C@@H](O)C[C@@H](Cc1ccc(N)cc1)C(=O)N[C@@H]1c2ccccc2C[C@H]1O. The van der Waals surface area contributed by atoms with Crippen LogP contribution in [-0.4, -0.2) is 46.1 Å². The second kappa shape index (κ2) is 13.2. The molecular weight excluding hydrogens is 518 g/mol. The maximum absolute atomic E-state index is 13.8. The Kier molecular flexibility index (Phi) is 9.68. The van der Waals surface area contributed by atoms with Gasteiger partial charge in [-0.2, -0.15) is 0 Å². The summed E-state index contributed by atoms with van der Waals surface area (Å²) in [6.45, 7) is 5.33. The average Bonchev–Trinajstić information content (AvgIpc) is 3.23. The van der Waals surface area contributed by atoms with Crippen LogP contribution < -0.4 is 16.4 Å². The van der Waals surface area contributed by atoms with Gasteiger partial charge in [-0.15, -0.1) is 0 Å². The molecular formula is C33H41N3O5. The molecule has 0 aliphatic heterocycles. The van der Waals surface area contributed by atoms with Crippen LogP contribution in [0.25, 0.3) is 0 Å². The van der Waals surface area contributed by atoms with Crippen molar-refractivity contribution < 1.29 is 24.5 Å². The summed E-state index contributed by atoms with van der Waals surface area (Å²) in [5.41, 5.74) is 9.50. The summed E-state index contributed by atoms with van der Waals surface area (Å²) in [6, 6.07) is 23.3. The molecule has 0 heterocycles. The van der Waals surface area contributed by atoms with Gasteiger partial charge in [0.2, 0.25) is 5.91 Å². The molecule has 218 valence electrons. The molecule has 6 N–H and O–H groups in total. The van der Waals surface area contributed by atoms with Crippen LogP contribution in [0.1, 0.15) is 55.5 Å². The Morgan fingerprint density at radius 1 is 0.951 bits per heavy atom. The number of aliphatic hydroxyl groups excluding tert-OH is 2. The zero-order valence-corrected chi connectivity index (χ0v) is 23.9. The third kappa shape index (κ3) is 8.55. The first-order valence-corrected chi connectivity index (χ1v) is 14.1. The molecule has 4 rings (SSSR count). The predicted octanol–water partition coefficient (Wildman–Crippen LogP) is 4.09. The van der Waals surface area contributed by atoms with Gasteiger partial charge in [0.15, 0.2) is 0 Å². The van der Waals surface area contributed by atoms with Gasteiger partial charge in [0.05, 0.1) is 24.3 Å². The minimum atomic E-state index is -1.06. The van der Waals surface area contributed by atoms with Crippen LogP contribution in [0.15, 0.2) is 78.9 Å². The summed E-state index contributed by atoms with van der Waals surface area (Å²) in [4.78, 5) is 26.5. The molecule has 1 aliphatic rings. The van der Waals surface area contributed by atoms with Crippen molar-refractivity contribution in [3.63, 3.8) is 0 Å². The molecule has 8 heteroatoms. The van der Waals surface area contributed by atoms with Gasteiger partial charge < -0.3 is 31.3 Å².